The number of rotatable bonds is 6. The van der Waals surface area contributed by atoms with Crippen LogP contribution in [0.1, 0.15) is 12.8 Å². The normalized spacial score (nSPS) is 17.9. The number of thioether (sulfide) groups is 1. The number of benzene rings is 1. The minimum absolute atomic E-state index is 0.372. The third-order valence-electron chi connectivity index (χ3n) is 3.16. The van der Waals surface area contributed by atoms with E-state index in [9.17, 15) is 0 Å². The summed E-state index contributed by atoms with van der Waals surface area (Å²) in [5, 5.41) is 12.4. The zero-order chi connectivity index (χ0) is 14.5. The summed E-state index contributed by atoms with van der Waals surface area (Å²) in [7, 11) is 1.66. The molecular weight excluding hydrogens is 306 g/mol. The molecule has 1 atom stereocenters. The lowest BCUT2D eigenvalue weighted by atomic mass is 10.3. The molecule has 7 heteroatoms. The van der Waals surface area contributed by atoms with Crippen LogP contribution in [0.25, 0.3) is 0 Å². The molecule has 1 aromatic carbocycles. The molecule has 0 amide bonds. The summed E-state index contributed by atoms with van der Waals surface area (Å²) < 4.78 is 11.7. The van der Waals surface area contributed by atoms with Gasteiger partial charge >= 0.3 is 0 Å². The summed E-state index contributed by atoms with van der Waals surface area (Å²) in [4.78, 5) is 0. The molecular formula is C14H17N3O2S2. The lowest BCUT2D eigenvalue weighted by molar-refractivity contribution is 0.129. The van der Waals surface area contributed by atoms with Crippen LogP contribution in [0.4, 0.5) is 10.8 Å². The lowest BCUT2D eigenvalue weighted by Gasteiger charge is -2.05. The fraction of sp³-hybridized carbons (Fsp3) is 0.429. The van der Waals surface area contributed by atoms with Crippen molar-refractivity contribution in [1.29, 1.82) is 0 Å². The van der Waals surface area contributed by atoms with E-state index < -0.39 is 0 Å². The van der Waals surface area contributed by atoms with Gasteiger partial charge in [0.05, 0.1) is 13.2 Å². The number of ether oxygens (including phenoxy) is 2. The van der Waals surface area contributed by atoms with E-state index in [0.29, 0.717) is 6.10 Å². The van der Waals surface area contributed by atoms with Crippen molar-refractivity contribution in [2.24, 2.45) is 0 Å². The highest BCUT2D eigenvalue weighted by atomic mass is 32.2. The number of anilines is 2. The third-order valence-corrected chi connectivity index (χ3v) is 5.27. The number of hydrogen-bond acceptors (Lipinski definition) is 7. The third kappa shape index (κ3) is 4.09. The first kappa shape index (κ1) is 14.6. The quantitative estimate of drug-likeness (QED) is 0.820. The predicted octanol–water partition coefficient (Wildman–Crippen LogP) is 3.56. The Kier molecular flexibility index (Phi) is 4.95. The van der Waals surface area contributed by atoms with Gasteiger partial charge in [0.1, 0.15) is 5.75 Å². The average Bonchev–Trinajstić information content (AvgIpc) is 3.17. The number of nitrogens with one attached hydrogen (secondary N) is 1. The second kappa shape index (κ2) is 7.11. The molecule has 1 saturated heterocycles. The Morgan fingerprint density at radius 1 is 1.38 bits per heavy atom. The SMILES string of the molecule is COc1ccc(Nc2nnc(SC[C@H]3CCCO3)s2)cc1. The number of aromatic nitrogens is 2. The van der Waals surface area contributed by atoms with E-state index in [4.69, 9.17) is 9.47 Å². The second-order valence-corrected chi connectivity index (χ2v) is 6.92. The Balaban J connectivity index is 1.53. The summed E-state index contributed by atoms with van der Waals surface area (Å²) in [5.74, 6) is 1.79. The van der Waals surface area contributed by atoms with E-state index in [1.165, 1.54) is 6.42 Å². The zero-order valence-corrected chi connectivity index (χ0v) is 13.4. The molecule has 5 nitrogen and oxygen atoms in total. The number of nitrogens with zero attached hydrogens (tertiary/aromatic N) is 2. The highest BCUT2D eigenvalue weighted by molar-refractivity contribution is 8.01. The molecule has 2 aromatic rings. The smallest absolute Gasteiger partial charge is 0.210 e. The molecule has 0 radical (unpaired) electrons. The molecule has 0 aliphatic carbocycles. The fourth-order valence-corrected chi connectivity index (χ4v) is 3.92. The first-order valence-electron chi connectivity index (χ1n) is 6.82. The predicted molar refractivity (Wildman–Crippen MR) is 85.9 cm³/mol. The zero-order valence-electron chi connectivity index (χ0n) is 11.7. The molecule has 1 N–H and O–H groups in total. The monoisotopic (exact) mass is 323 g/mol. The van der Waals surface area contributed by atoms with Crippen molar-refractivity contribution in [2.45, 2.75) is 23.3 Å². The molecule has 3 rings (SSSR count). The van der Waals surface area contributed by atoms with Crippen molar-refractivity contribution in [2.75, 3.05) is 24.8 Å². The second-order valence-electron chi connectivity index (χ2n) is 4.67. The van der Waals surface area contributed by atoms with Gasteiger partial charge in [0.15, 0.2) is 4.34 Å². The van der Waals surface area contributed by atoms with E-state index in [1.54, 1.807) is 30.2 Å². The van der Waals surface area contributed by atoms with Crippen molar-refractivity contribution >= 4 is 33.9 Å². The van der Waals surface area contributed by atoms with Crippen LogP contribution >= 0.6 is 23.1 Å². The highest BCUT2D eigenvalue weighted by Gasteiger charge is 2.16. The topological polar surface area (TPSA) is 56.3 Å². The maximum Gasteiger partial charge on any atom is 0.210 e. The first-order chi connectivity index (χ1) is 10.3. The largest absolute Gasteiger partial charge is 0.497 e. The lowest BCUT2D eigenvalue weighted by Crippen LogP contribution is -2.07. The maximum atomic E-state index is 5.61. The number of methoxy groups -OCH3 is 1. The van der Waals surface area contributed by atoms with Gasteiger partial charge in [-0.05, 0) is 37.1 Å². The Morgan fingerprint density at radius 2 is 2.24 bits per heavy atom. The van der Waals surface area contributed by atoms with Gasteiger partial charge in [-0.1, -0.05) is 23.1 Å². The van der Waals surface area contributed by atoms with Gasteiger partial charge < -0.3 is 14.8 Å². The van der Waals surface area contributed by atoms with Crippen molar-refractivity contribution < 1.29 is 9.47 Å². The van der Waals surface area contributed by atoms with E-state index in [-0.39, 0.29) is 0 Å². The summed E-state index contributed by atoms with van der Waals surface area (Å²) in [5.41, 5.74) is 0.975. The van der Waals surface area contributed by atoms with Crippen molar-refractivity contribution in [3.63, 3.8) is 0 Å². The summed E-state index contributed by atoms with van der Waals surface area (Å²) in [6.07, 6.45) is 2.70. The summed E-state index contributed by atoms with van der Waals surface area (Å²) >= 11 is 3.28. The molecule has 2 heterocycles. The standard InChI is InChI=1S/C14H17N3O2S2/c1-18-11-6-4-10(5-7-11)15-13-16-17-14(21-13)20-9-12-3-2-8-19-12/h4-7,12H,2-3,8-9H2,1H3,(H,15,16)/t12-/m1/s1. The summed E-state index contributed by atoms with van der Waals surface area (Å²) in [6.45, 7) is 0.894. The molecule has 21 heavy (non-hydrogen) atoms. The molecule has 0 bridgehead atoms. The van der Waals surface area contributed by atoms with Gasteiger partial charge in [0, 0.05) is 18.0 Å². The van der Waals surface area contributed by atoms with Gasteiger partial charge in [-0.25, -0.2) is 0 Å². The first-order valence-corrected chi connectivity index (χ1v) is 8.62. The van der Waals surface area contributed by atoms with Crippen LogP contribution in [0.3, 0.4) is 0 Å². The fourth-order valence-electron chi connectivity index (χ4n) is 2.06. The average molecular weight is 323 g/mol. The van der Waals surface area contributed by atoms with Gasteiger partial charge in [-0.15, -0.1) is 10.2 Å². The minimum Gasteiger partial charge on any atom is -0.497 e. The van der Waals surface area contributed by atoms with Crippen molar-refractivity contribution in [1.82, 2.24) is 10.2 Å². The Hall–Kier alpha value is -1.31. The number of hydrogen-bond donors (Lipinski definition) is 1. The van der Waals surface area contributed by atoms with Crippen LogP contribution < -0.4 is 10.1 Å². The Bertz CT molecular complexity index is 568. The van der Waals surface area contributed by atoms with Crippen LogP contribution in [-0.4, -0.2) is 35.8 Å². The Labute approximate surface area is 132 Å². The van der Waals surface area contributed by atoms with Crippen LogP contribution in [0.2, 0.25) is 0 Å². The van der Waals surface area contributed by atoms with Gasteiger partial charge in [-0.3, -0.25) is 0 Å². The van der Waals surface area contributed by atoms with E-state index >= 15 is 0 Å². The molecule has 1 aliphatic heterocycles. The van der Waals surface area contributed by atoms with Gasteiger partial charge in [0.2, 0.25) is 5.13 Å². The van der Waals surface area contributed by atoms with Gasteiger partial charge in [0.25, 0.3) is 0 Å². The van der Waals surface area contributed by atoms with E-state index in [1.807, 2.05) is 24.3 Å². The summed E-state index contributed by atoms with van der Waals surface area (Å²) in [6, 6.07) is 7.74. The molecule has 112 valence electrons. The highest BCUT2D eigenvalue weighted by Crippen LogP contribution is 2.30. The molecule has 0 spiro atoms. The molecule has 1 aromatic heterocycles. The van der Waals surface area contributed by atoms with Crippen molar-refractivity contribution in [3.8, 4) is 5.75 Å². The van der Waals surface area contributed by atoms with E-state index in [0.717, 1.165) is 39.7 Å². The van der Waals surface area contributed by atoms with Crippen LogP contribution in [0, 0.1) is 0 Å². The molecule has 0 unspecified atom stereocenters. The molecule has 0 saturated carbocycles. The van der Waals surface area contributed by atoms with Crippen molar-refractivity contribution in [3.05, 3.63) is 24.3 Å². The molecule has 1 aliphatic rings. The Morgan fingerprint density at radius 3 is 2.95 bits per heavy atom. The minimum atomic E-state index is 0.372. The van der Waals surface area contributed by atoms with Crippen LogP contribution in [-0.2, 0) is 4.74 Å². The maximum absolute atomic E-state index is 5.61. The molecule has 1 fully saturated rings. The van der Waals surface area contributed by atoms with Crippen LogP contribution in [0.15, 0.2) is 28.6 Å². The van der Waals surface area contributed by atoms with Crippen LogP contribution in [0.5, 0.6) is 5.75 Å². The van der Waals surface area contributed by atoms with E-state index in [2.05, 4.69) is 15.5 Å². The van der Waals surface area contributed by atoms with Gasteiger partial charge in [-0.2, -0.15) is 0 Å².